The van der Waals surface area contributed by atoms with Crippen molar-refractivity contribution in [3.05, 3.63) is 224 Å². The standard InChI is InChI=1S/C60H37N7O/c1-5-18-38(19-6-1)55-61-56(39-20-7-2-8-21-39)64-59(63-55)43-32-34-46-45-26-13-15-29-49(45)67(51(46)37-43)50-35-33-42(44-28-17-31-53-54(44)47-27-14-16-30-52(47)68-53)36-48(50)60-65-57(40-22-9-3-10-23-40)62-58(66-60)41-24-11-4-12-25-41/h1-37H. The maximum Gasteiger partial charge on any atom is 0.166 e. The Balaban J connectivity index is 1.09. The molecule has 0 saturated heterocycles. The van der Waals surface area contributed by atoms with E-state index in [9.17, 15) is 0 Å². The third-order valence-corrected chi connectivity index (χ3v) is 12.5. The summed E-state index contributed by atoms with van der Waals surface area (Å²) in [7, 11) is 0. The summed E-state index contributed by atoms with van der Waals surface area (Å²) in [5, 5.41) is 4.30. The van der Waals surface area contributed by atoms with Crippen LogP contribution in [0.25, 0.3) is 129 Å². The Labute approximate surface area is 390 Å². The third-order valence-electron chi connectivity index (χ3n) is 12.5. The Morgan fingerprint density at radius 1 is 0.279 bits per heavy atom. The molecule has 0 unspecified atom stereocenters. The molecule has 4 aromatic heterocycles. The molecule has 0 bridgehead atoms. The highest BCUT2D eigenvalue weighted by atomic mass is 16.3. The minimum absolute atomic E-state index is 0.540. The fourth-order valence-electron chi connectivity index (χ4n) is 9.33. The number of nitrogens with zero attached hydrogens (tertiary/aromatic N) is 7. The average molecular weight is 872 g/mol. The summed E-state index contributed by atoms with van der Waals surface area (Å²) in [5.41, 5.74) is 11.9. The maximum absolute atomic E-state index is 6.40. The number of furan rings is 1. The molecule has 0 fully saturated rings. The SMILES string of the molecule is c1ccc(-c2nc(-c3ccccc3)nc(-c3ccc4c5ccccc5n(-c5ccc(-c6cccc7oc8ccccc8c67)cc5-c5nc(-c6ccccc6)nc(-c6ccccc6)n5)c4c3)n2)cc1. The van der Waals surface area contributed by atoms with Crippen LogP contribution >= 0.6 is 0 Å². The molecule has 0 amide bonds. The van der Waals surface area contributed by atoms with Crippen molar-refractivity contribution in [2.45, 2.75) is 0 Å². The minimum Gasteiger partial charge on any atom is -0.456 e. The van der Waals surface area contributed by atoms with Crippen LogP contribution in [0.1, 0.15) is 0 Å². The Morgan fingerprint density at radius 2 is 0.735 bits per heavy atom. The van der Waals surface area contributed by atoms with E-state index in [-0.39, 0.29) is 0 Å². The van der Waals surface area contributed by atoms with Gasteiger partial charge in [-0.25, -0.2) is 29.9 Å². The molecule has 4 heterocycles. The van der Waals surface area contributed by atoms with Gasteiger partial charge >= 0.3 is 0 Å². The van der Waals surface area contributed by atoms with E-state index in [0.717, 1.165) is 93.9 Å². The van der Waals surface area contributed by atoms with Gasteiger partial charge in [-0.1, -0.05) is 188 Å². The molecule has 8 heteroatoms. The first-order chi connectivity index (χ1) is 33.7. The number of benzene rings is 9. The van der Waals surface area contributed by atoms with E-state index in [1.54, 1.807) is 0 Å². The Hall–Kier alpha value is -9.40. The van der Waals surface area contributed by atoms with Crippen molar-refractivity contribution in [2.24, 2.45) is 0 Å². The minimum atomic E-state index is 0.540. The zero-order chi connectivity index (χ0) is 45.0. The van der Waals surface area contributed by atoms with Gasteiger partial charge in [-0.3, -0.25) is 0 Å². The lowest BCUT2D eigenvalue weighted by Crippen LogP contribution is -2.04. The van der Waals surface area contributed by atoms with Crippen LogP contribution < -0.4 is 0 Å². The van der Waals surface area contributed by atoms with Gasteiger partial charge in [0, 0.05) is 54.9 Å². The molecule has 0 aliphatic heterocycles. The average Bonchev–Trinajstić information content (AvgIpc) is 3.97. The van der Waals surface area contributed by atoms with Crippen LogP contribution in [0.4, 0.5) is 0 Å². The van der Waals surface area contributed by atoms with Gasteiger partial charge in [0.15, 0.2) is 34.9 Å². The van der Waals surface area contributed by atoms with Crippen molar-refractivity contribution in [3.8, 4) is 85.1 Å². The highest BCUT2D eigenvalue weighted by Crippen LogP contribution is 2.42. The molecule has 0 atom stereocenters. The van der Waals surface area contributed by atoms with Crippen molar-refractivity contribution >= 4 is 43.7 Å². The summed E-state index contributed by atoms with van der Waals surface area (Å²) in [6, 6.07) is 76.5. The molecule has 318 valence electrons. The highest BCUT2D eigenvalue weighted by Gasteiger charge is 2.23. The first-order valence-corrected chi connectivity index (χ1v) is 22.5. The lowest BCUT2D eigenvalue weighted by atomic mass is 9.96. The molecule has 8 nitrogen and oxygen atoms in total. The van der Waals surface area contributed by atoms with Gasteiger partial charge in [0.1, 0.15) is 11.2 Å². The summed E-state index contributed by atoms with van der Waals surface area (Å²) < 4.78 is 8.73. The fraction of sp³-hybridized carbons (Fsp3) is 0. The lowest BCUT2D eigenvalue weighted by molar-refractivity contribution is 0.669. The van der Waals surface area contributed by atoms with Gasteiger partial charge in [0.2, 0.25) is 0 Å². The summed E-state index contributed by atoms with van der Waals surface area (Å²) in [6.07, 6.45) is 0. The van der Waals surface area contributed by atoms with Crippen molar-refractivity contribution in [3.63, 3.8) is 0 Å². The molecular weight excluding hydrogens is 835 g/mol. The highest BCUT2D eigenvalue weighted by molar-refractivity contribution is 6.13. The second kappa shape index (κ2) is 16.2. The molecule has 0 spiro atoms. The van der Waals surface area contributed by atoms with Crippen LogP contribution in [0.15, 0.2) is 229 Å². The summed E-state index contributed by atoms with van der Waals surface area (Å²) in [5.74, 6) is 3.48. The molecule has 13 aromatic rings. The van der Waals surface area contributed by atoms with Crippen LogP contribution in [0.5, 0.6) is 0 Å². The van der Waals surface area contributed by atoms with E-state index in [2.05, 4.69) is 89.5 Å². The van der Waals surface area contributed by atoms with E-state index < -0.39 is 0 Å². The predicted molar refractivity (Wildman–Crippen MR) is 273 cm³/mol. The molecule has 0 aliphatic rings. The number of hydrogen-bond donors (Lipinski definition) is 0. The first kappa shape index (κ1) is 39.0. The molecule has 0 aliphatic carbocycles. The van der Waals surface area contributed by atoms with Gasteiger partial charge in [-0.2, -0.15) is 0 Å². The quantitative estimate of drug-likeness (QED) is 0.150. The number of rotatable bonds is 8. The zero-order valence-corrected chi connectivity index (χ0v) is 36.4. The number of fused-ring (bicyclic) bond motifs is 6. The first-order valence-electron chi connectivity index (χ1n) is 22.5. The fourth-order valence-corrected chi connectivity index (χ4v) is 9.33. The number of aromatic nitrogens is 7. The second-order valence-electron chi connectivity index (χ2n) is 16.7. The molecule has 13 rings (SSSR count). The molecule has 9 aromatic carbocycles. The van der Waals surface area contributed by atoms with Gasteiger partial charge in [0.05, 0.1) is 16.7 Å². The van der Waals surface area contributed by atoms with E-state index in [1.165, 1.54) is 0 Å². The predicted octanol–water partition coefficient (Wildman–Crippen LogP) is 14.7. The van der Waals surface area contributed by atoms with E-state index in [0.29, 0.717) is 34.9 Å². The van der Waals surface area contributed by atoms with E-state index in [1.807, 2.05) is 140 Å². The van der Waals surface area contributed by atoms with Crippen molar-refractivity contribution < 1.29 is 4.42 Å². The number of para-hydroxylation sites is 2. The van der Waals surface area contributed by atoms with Gasteiger partial charge in [0.25, 0.3) is 0 Å². The third kappa shape index (κ3) is 6.78. The van der Waals surface area contributed by atoms with E-state index in [4.69, 9.17) is 34.3 Å². The Kier molecular flexibility index (Phi) is 9.31. The second-order valence-corrected chi connectivity index (χ2v) is 16.7. The van der Waals surface area contributed by atoms with Crippen LogP contribution in [0, 0.1) is 0 Å². The maximum atomic E-state index is 6.40. The Bertz CT molecular complexity index is 3900. The van der Waals surface area contributed by atoms with Crippen LogP contribution in [0.3, 0.4) is 0 Å². The number of hydrogen-bond acceptors (Lipinski definition) is 7. The summed E-state index contributed by atoms with van der Waals surface area (Å²) in [6.45, 7) is 0. The van der Waals surface area contributed by atoms with Gasteiger partial charge < -0.3 is 8.98 Å². The smallest absolute Gasteiger partial charge is 0.166 e. The van der Waals surface area contributed by atoms with Crippen LogP contribution in [0.2, 0.25) is 0 Å². The monoisotopic (exact) mass is 871 g/mol. The van der Waals surface area contributed by atoms with Crippen molar-refractivity contribution in [1.29, 1.82) is 0 Å². The molecule has 0 N–H and O–H groups in total. The summed E-state index contributed by atoms with van der Waals surface area (Å²) >= 11 is 0. The molecular formula is C60H37N7O. The van der Waals surface area contributed by atoms with Crippen molar-refractivity contribution in [2.75, 3.05) is 0 Å². The lowest BCUT2D eigenvalue weighted by Gasteiger charge is -2.17. The van der Waals surface area contributed by atoms with Gasteiger partial charge in [-0.05, 0) is 47.5 Å². The topological polar surface area (TPSA) is 95.4 Å². The van der Waals surface area contributed by atoms with Gasteiger partial charge in [-0.15, -0.1) is 0 Å². The molecule has 0 saturated carbocycles. The van der Waals surface area contributed by atoms with Crippen LogP contribution in [-0.4, -0.2) is 34.5 Å². The molecule has 0 radical (unpaired) electrons. The van der Waals surface area contributed by atoms with Crippen molar-refractivity contribution in [1.82, 2.24) is 34.5 Å². The summed E-state index contributed by atoms with van der Waals surface area (Å²) in [4.78, 5) is 31.0. The zero-order valence-electron chi connectivity index (χ0n) is 36.4. The van der Waals surface area contributed by atoms with E-state index >= 15 is 0 Å². The molecule has 68 heavy (non-hydrogen) atoms. The largest absolute Gasteiger partial charge is 0.456 e. The normalized spacial score (nSPS) is 11.5. The van der Waals surface area contributed by atoms with Crippen LogP contribution in [-0.2, 0) is 0 Å². The Morgan fingerprint density at radius 3 is 1.32 bits per heavy atom.